The van der Waals surface area contributed by atoms with Crippen molar-refractivity contribution in [1.82, 2.24) is 9.88 Å². The van der Waals surface area contributed by atoms with Crippen molar-refractivity contribution in [3.8, 4) is 0 Å². The zero-order valence-electron chi connectivity index (χ0n) is 15.9. The lowest BCUT2D eigenvalue weighted by atomic mass is 9.99. The molecule has 3 nitrogen and oxygen atoms in total. The Kier molecular flexibility index (Phi) is 5.10. The number of hydrogen-bond donors (Lipinski definition) is 1. The van der Waals surface area contributed by atoms with Gasteiger partial charge in [-0.15, -0.1) is 0 Å². The summed E-state index contributed by atoms with van der Waals surface area (Å²) in [6.07, 6.45) is 7.69. The summed E-state index contributed by atoms with van der Waals surface area (Å²) in [4.78, 5) is 17.9. The van der Waals surface area contributed by atoms with Crippen LogP contribution in [-0.2, 0) is 11.2 Å². The lowest BCUT2D eigenvalue weighted by Gasteiger charge is -2.26. The zero-order chi connectivity index (χ0) is 18.6. The third-order valence-corrected chi connectivity index (χ3v) is 5.47. The Hall–Kier alpha value is -2.81. The fourth-order valence-electron chi connectivity index (χ4n) is 3.90. The molecule has 1 amide bonds. The number of hydrogen-bond acceptors (Lipinski definition) is 1. The quantitative estimate of drug-likeness (QED) is 0.675. The number of fused-ring (bicyclic) bond motifs is 1. The van der Waals surface area contributed by atoms with E-state index in [2.05, 4.69) is 66.6 Å². The van der Waals surface area contributed by atoms with Crippen LogP contribution in [0.5, 0.6) is 0 Å². The molecule has 1 N–H and O–H groups in total. The molecule has 4 rings (SSSR count). The minimum Gasteiger partial charge on any atom is -0.361 e. The number of carbonyl (C=O) groups excluding carboxylic acids is 1. The topological polar surface area (TPSA) is 36.1 Å². The van der Waals surface area contributed by atoms with Crippen molar-refractivity contribution >= 4 is 22.4 Å². The van der Waals surface area contributed by atoms with Crippen LogP contribution in [0.4, 0.5) is 0 Å². The van der Waals surface area contributed by atoms with Crippen molar-refractivity contribution in [1.29, 1.82) is 0 Å². The Morgan fingerprint density at radius 3 is 2.78 bits per heavy atom. The van der Waals surface area contributed by atoms with E-state index in [0.717, 1.165) is 32.4 Å². The SMILES string of the molecule is Cc1ccc2[nH]cc(CCCC(=O)N3CC=C(c4ccccc4)CC3)c2c1. The number of nitrogens with zero attached hydrogens (tertiary/aromatic N) is 1. The van der Waals surface area contributed by atoms with E-state index in [4.69, 9.17) is 0 Å². The lowest BCUT2D eigenvalue weighted by Crippen LogP contribution is -2.34. The number of aryl methyl sites for hydroxylation is 2. The first-order chi connectivity index (χ1) is 13.2. The molecule has 2 aromatic carbocycles. The maximum atomic E-state index is 12.6. The van der Waals surface area contributed by atoms with Crippen LogP contribution in [0.25, 0.3) is 16.5 Å². The third-order valence-electron chi connectivity index (χ3n) is 5.47. The minimum absolute atomic E-state index is 0.273. The van der Waals surface area contributed by atoms with Gasteiger partial charge in [-0.25, -0.2) is 0 Å². The summed E-state index contributed by atoms with van der Waals surface area (Å²) in [5.41, 5.74) is 6.39. The molecule has 1 aliphatic heterocycles. The van der Waals surface area contributed by atoms with Gasteiger partial charge in [0.1, 0.15) is 0 Å². The maximum absolute atomic E-state index is 12.6. The van der Waals surface area contributed by atoms with Crippen LogP contribution >= 0.6 is 0 Å². The Morgan fingerprint density at radius 1 is 1.15 bits per heavy atom. The van der Waals surface area contributed by atoms with E-state index < -0.39 is 0 Å². The second kappa shape index (κ2) is 7.83. The molecule has 1 aliphatic rings. The molecule has 3 aromatic rings. The molecule has 0 unspecified atom stereocenters. The first-order valence-corrected chi connectivity index (χ1v) is 9.79. The first-order valence-electron chi connectivity index (χ1n) is 9.79. The molecule has 2 heterocycles. The molecule has 0 fully saturated rings. The summed E-state index contributed by atoms with van der Waals surface area (Å²) in [7, 11) is 0. The molecule has 1 aromatic heterocycles. The Labute approximate surface area is 160 Å². The van der Waals surface area contributed by atoms with Gasteiger partial charge in [0.2, 0.25) is 5.91 Å². The van der Waals surface area contributed by atoms with Gasteiger partial charge in [0.25, 0.3) is 0 Å². The minimum atomic E-state index is 0.273. The first kappa shape index (κ1) is 17.6. The van der Waals surface area contributed by atoms with Crippen molar-refractivity contribution in [3.05, 3.63) is 77.5 Å². The van der Waals surface area contributed by atoms with E-state index >= 15 is 0 Å². The fraction of sp³-hybridized carbons (Fsp3) is 0.292. The van der Waals surface area contributed by atoms with Gasteiger partial charge in [-0.2, -0.15) is 0 Å². The number of H-pyrrole nitrogens is 1. The van der Waals surface area contributed by atoms with Crippen LogP contribution in [0, 0.1) is 6.92 Å². The van der Waals surface area contributed by atoms with Gasteiger partial charge in [-0.3, -0.25) is 4.79 Å². The average molecular weight is 358 g/mol. The molecule has 0 spiro atoms. The van der Waals surface area contributed by atoms with Crippen LogP contribution in [0.2, 0.25) is 0 Å². The molecule has 0 radical (unpaired) electrons. The van der Waals surface area contributed by atoms with E-state index in [0.29, 0.717) is 6.42 Å². The standard InChI is InChI=1S/C24H26N2O/c1-18-10-11-23-22(16-18)21(17-25-23)8-5-9-24(27)26-14-12-20(13-15-26)19-6-3-2-4-7-19/h2-4,6-7,10-12,16-17,25H,5,8-9,13-15H2,1H3. The molecule has 0 aliphatic carbocycles. The number of carbonyl (C=O) groups is 1. The molecule has 0 bridgehead atoms. The van der Waals surface area contributed by atoms with E-state index in [9.17, 15) is 4.79 Å². The molecular weight excluding hydrogens is 332 g/mol. The summed E-state index contributed by atoms with van der Waals surface area (Å²) in [6.45, 7) is 3.68. The zero-order valence-corrected chi connectivity index (χ0v) is 15.9. The normalized spacial score (nSPS) is 14.4. The summed E-state index contributed by atoms with van der Waals surface area (Å²) in [6, 6.07) is 16.9. The number of nitrogens with one attached hydrogen (secondary N) is 1. The van der Waals surface area contributed by atoms with Crippen LogP contribution in [0.3, 0.4) is 0 Å². The van der Waals surface area contributed by atoms with Gasteiger partial charge in [0.05, 0.1) is 0 Å². The number of benzene rings is 2. The molecule has 27 heavy (non-hydrogen) atoms. The molecule has 3 heteroatoms. The Bertz CT molecular complexity index is 968. The second-order valence-corrected chi connectivity index (χ2v) is 7.40. The van der Waals surface area contributed by atoms with Gasteiger partial charge in [0.15, 0.2) is 0 Å². The van der Waals surface area contributed by atoms with Crippen LogP contribution in [-0.4, -0.2) is 28.9 Å². The smallest absolute Gasteiger partial charge is 0.222 e. The van der Waals surface area contributed by atoms with Gasteiger partial charge in [-0.1, -0.05) is 48.0 Å². The highest BCUT2D eigenvalue weighted by molar-refractivity contribution is 5.84. The lowest BCUT2D eigenvalue weighted by molar-refractivity contribution is -0.130. The largest absolute Gasteiger partial charge is 0.361 e. The van der Waals surface area contributed by atoms with Crippen molar-refractivity contribution in [2.45, 2.75) is 32.6 Å². The summed E-state index contributed by atoms with van der Waals surface area (Å²) in [5, 5.41) is 1.29. The van der Waals surface area contributed by atoms with Gasteiger partial charge in [-0.05, 0) is 55.0 Å². The Balaban J connectivity index is 1.31. The summed E-state index contributed by atoms with van der Waals surface area (Å²) >= 11 is 0. The highest BCUT2D eigenvalue weighted by Crippen LogP contribution is 2.24. The average Bonchev–Trinajstić information content (AvgIpc) is 3.11. The number of amides is 1. The predicted molar refractivity (Wildman–Crippen MR) is 112 cm³/mol. The molecule has 0 atom stereocenters. The van der Waals surface area contributed by atoms with Gasteiger partial charge < -0.3 is 9.88 Å². The second-order valence-electron chi connectivity index (χ2n) is 7.40. The third kappa shape index (κ3) is 3.97. The van der Waals surface area contributed by atoms with Crippen LogP contribution in [0.15, 0.2) is 60.8 Å². The van der Waals surface area contributed by atoms with Gasteiger partial charge >= 0.3 is 0 Å². The fourth-order valence-corrected chi connectivity index (χ4v) is 3.90. The molecule has 0 saturated heterocycles. The molecule has 0 saturated carbocycles. The van der Waals surface area contributed by atoms with E-state index in [1.165, 1.54) is 33.2 Å². The number of rotatable bonds is 5. The van der Waals surface area contributed by atoms with Crippen molar-refractivity contribution in [2.24, 2.45) is 0 Å². The van der Waals surface area contributed by atoms with E-state index in [1.54, 1.807) is 0 Å². The highest BCUT2D eigenvalue weighted by Gasteiger charge is 2.17. The molecular formula is C24H26N2O. The number of aromatic amines is 1. The van der Waals surface area contributed by atoms with E-state index in [-0.39, 0.29) is 5.91 Å². The van der Waals surface area contributed by atoms with E-state index in [1.807, 2.05) is 11.0 Å². The van der Waals surface area contributed by atoms with Crippen molar-refractivity contribution in [3.63, 3.8) is 0 Å². The summed E-state index contributed by atoms with van der Waals surface area (Å²) in [5.74, 6) is 0.273. The maximum Gasteiger partial charge on any atom is 0.222 e. The molecule has 138 valence electrons. The Morgan fingerprint density at radius 2 is 2.00 bits per heavy atom. The van der Waals surface area contributed by atoms with Gasteiger partial charge in [0, 0.05) is 36.6 Å². The monoisotopic (exact) mass is 358 g/mol. The van der Waals surface area contributed by atoms with Crippen molar-refractivity contribution in [2.75, 3.05) is 13.1 Å². The highest BCUT2D eigenvalue weighted by atomic mass is 16.2. The summed E-state index contributed by atoms with van der Waals surface area (Å²) < 4.78 is 0. The number of aromatic nitrogens is 1. The van der Waals surface area contributed by atoms with Crippen molar-refractivity contribution < 1.29 is 4.79 Å². The van der Waals surface area contributed by atoms with Crippen LogP contribution < -0.4 is 0 Å². The predicted octanol–water partition coefficient (Wildman–Crippen LogP) is 5.11. The van der Waals surface area contributed by atoms with Crippen LogP contribution in [0.1, 0.15) is 36.0 Å².